The van der Waals surface area contributed by atoms with Crippen molar-refractivity contribution in [3.8, 4) is 0 Å². The van der Waals surface area contributed by atoms with Crippen LogP contribution in [-0.2, 0) is 13.0 Å². The lowest BCUT2D eigenvalue weighted by Gasteiger charge is -2.38. The number of anilines is 1. The number of nitrogens with zero attached hydrogens (tertiary/aromatic N) is 6. The molecule has 0 saturated carbocycles. The van der Waals surface area contributed by atoms with Crippen LogP contribution < -0.4 is 10.2 Å². The average Bonchev–Trinajstić information content (AvgIpc) is 3.21. The van der Waals surface area contributed by atoms with E-state index in [-0.39, 0.29) is 5.82 Å². The third kappa shape index (κ3) is 5.68. The van der Waals surface area contributed by atoms with Gasteiger partial charge in [0.05, 0.1) is 6.54 Å². The van der Waals surface area contributed by atoms with Crippen molar-refractivity contribution < 1.29 is 4.39 Å². The molecular formula is C21H32FN7. The summed E-state index contributed by atoms with van der Waals surface area (Å²) in [4.78, 5) is 9.49. The van der Waals surface area contributed by atoms with E-state index in [9.17, 15) is 4.39 Å². The summed E-state index contributed by atoms with van der Waals surface area (Å²) in [7, 11) is 0. The monoisotopic (exact) mass is 401 g/mol. The van der Waals surface area contributed by atoms with Crippen molar-refractivity contribution in [1.82, 2.24) is 25.0 Å². The molecule has 29 heavy (non-hydrogen) atoms. The lowest BCUT2D eigenvalue weighted by Crippen LogP contribution is -2.54. The van der Waals surface area contributed by atoms with Crippen LogP contribution in [0.25, 0.3) is 0 Å². The Labute approximate surface area is 172 Å². The Morgan fingerprint density at radius 2 is 1.90 bits per heavy atom. The van der Waals surface area contributed by atoms with Gasteiger partial charge in [0.1, 0.15) is 18.0 Å². The molecule has 1 fully saturated rings. The smallest absolute Gasteiger partial charge is 0.194 e. The zero-order valence-corrected chi connectivity index (χ0v) is 17.7. The Bertz CT molecular complexity index is 779. The third-order valence-electron chi connectivity index (χ3n) is 5.37. The quantitative estimate of drug-likeness (QED) is 0.571. The normalized spacial score (nSPS) is 16.2. The zero-order chi connectivity index (χ0) is 20.6. The molecule has 2 aromatic rings. The van der Waals surface area contributed by atoms with Gasteiger partial charge in [-0.1, -0.05) is 13.8 Å². The van der Waals surface area contributed by atoms with Gasteiger partial charge in [-0.2, -0.15) is 0 Å². The molecule has 158 valence electrons. The number of aliphatic imine (C=N–C) groups is 1. The van der Waals surface area contributed by atoms with Gasteiger partial charge < -0.3 is 19.7 Å². The van der Waals surface area contributed by atoms with E-state index in [1.165, 1.54) is 12.1 Å². The van der Waals surface area contributed by atoms with Crippen LogP contribution in [0.15, 0.2) is 35.6 Å². The minimum atomic E-state index is -0.195. The average molecular weight is 402 g/mol. The molecule has 1 aromatic carbocycles. The fourth-order valence-corrected chi connectivity index (χ4v) is 3.39. The molecule has 0 aliphatic carbocycles. The maximum atomic E-state index is 13.2. The minimum Gasteiger partial charge on any atom is -0.368 e. The molecule has 1 N–H and O–H groups in total. The van der Waals surface area contributed by atoms with E-state index in [4.69, 9.17) is 4.99 Å². The molecule has 1 atom stereocenters. The second kappa shape index (κ2) is 10.2. The number of aromatic nitrogens is 3. The van der Waals surface area contributed by atoms with Crippen LogP contribution in [0.3, 0.4) is 0 Å². The van der Waals surface area contributed by atoms with Gasteiger partial charge in [0, 0.05) is 50.9 Å². The number of rotatable bonds is 7. The number of halogens is 1. The topological polar surface area (TPSA) is 61.6 Å². The minimum absolute atomic E-state index is 0.195. The summed E-state index contributed by atoms with van der Waals surface area (Å²) in [5.74, 6) is 1.76. The van der Waals surface area contributed by atoms with Crippen LogP contribution >= 0.6 is 0 Å². The van der Waals surface area contributed by atoms with Gasteiger partial charge in [-0.3, -0.25) is 4.99 Å². The van der Waals surface area contributed by atoms with Crippen LogP contribution in [0.1, 0.15) is 33.0 Å². The zero-order valence-electron chi connectivity index (χ0n) is 17.7. The second-order valence-corrected chi connectivity index (χ2v) is 7.40. The maximum Gasteiger partial charge on any atom is 0.194 e. The first-order chi connectivity index (χ1) is 14.1. The van der Waals surface area contributed by atoms with Crippen molar-refractivity contribution in [2.75, 3.05) is 37.6 Å². The standard InChI is InChI=1S/C21H32FN7/c1-4-17(3)25-21(23-10-11-29-16-24-26-20(29)5-2)28-14-12-27(13-15-28)19-8-6-18(22)7-9-19/h6-9,16-17H,4-5,10-15H2,1-3H3,(H,23,25). The highest BCUT2D eigenvalue weighted by Crippen LogP contribution is 2.17. The SMILES string of the molecule is CCc1nncn1CCN=C(NC(C)CC)N1CCN(c2ccc(F)cc2)CC1. The highest BCUT2D eigenvalue weighted by Gasteiger charge is 2.21. The molecule has 1 aliphatic rings. The third-order valence-corrected chi connectivity index (χ3v) is 5.37. The molecule has 1 saturated heterocycles. The maximum absolute atomic E-state index is 13.2. The molecule has 0 spiro atoms. The van der Waals surface area contributed by atoms with E-state index in [0.717, 1.165) is 63.0 Å². The molecular weight excluding hydrogens is 369 g/mol. The van der Waals surface area contributed by atoms with Crippen LogP contribution in [-0.4, -0.2) is 64.4 Å². The summed E-state index contributed by atoms with van der Waals surface area (Å²) in [5.41, 5.74) is 1.07. The summed E-state index contributed by atoms with van der Waals surface area (Å²) in [6.07, 6.45) is 3.69. The Balaban J connectivity index is 1.61. The largest absolute Gasteiger partial charge is 0.368 e. The van der Waals surface area contributed by atoms with Gasteiger partial charge in [-0.25, -0.2) is 4.39 Å². The number of piperazine rings is 1. The Morgan fingerprint density at radius 1 is 1.17 bits per heavy atom. The summed E-state index contributed by atoms with van der Waals surface area (Å²) in [5, 5.41) is 11.7. The van der Waals surface area contributed by atoms with Crippen molar-refractivity contribution in [2.45, 2.75) is 46.2 Å². The summed E-state index contributed by atoms with van der Waals surface area (Å²) in [6, 6.07) is 7.11. The van der Waals surface area contributed by atoms with Crippen LogP contribution in [0, 0.1) is 5.82 Å². The van der Waals surface area contributed by atoms with Crippen molar-refractivity contribution in [2.24, 2.45) is 4.99 Å². The molecule has 1 aromatic heterocycles. The first kappa shape index (κ1) is 21.1. The van der Waals surface area contributed by atoms with E-state index < -0.39 is 0 Å². The van der Waals surface area contributed by atoms with Crippen molar-refractivity contribution >= 4 is 11.6 Å². The van der Waals surface area contributed by atoms with E-state index >= 15 is 0 Å². The van der Waals surface area contributed by atoms with E-state index in [0.29, 0.717) is 12.6 Å². The van der Waals surface area contributed by atoms with Crippen molar-refractivity contribution in [1.29, 1.82) is 0 Å². The van der Waals surface area contributed by atoms with E-state index in [1.807, 2.05) is 12.1 Å². The van der Waals surface area contributed by atoms with Gasteiger partial charge in [0.15, 0.2) is 5.96 Å². The van der Waals surface area contributed by atoms with E-state index in [2.05, 4.69) is 50.7 Å². The molecule has 8 heteroatoms. The molecule has 0 amide bonds. The Morgan fingerprint density at radius 3 is 2.55 bits per heavy atom. The molecule has 2 heterocycles. The molecule has 1 unspecified atom stereocenters. The van der Waals surface area contributed by atoms with Crippen LogP contribution in [0.5, 0.6) is 0 Å². The molecule has 0 bridgehead atoms. The first-order valence-corrected chi connectivity index (χ1v) is 10.5. The molecule has 1 aliphatic heterocycles. The predicted molar refractivity (Wildman–Crippen MR) is 115 cm³/mol. The van der Waals surface area contributed by atoms with Gasteiger partial charge >= 0.3 is 0 Å². The molecule has 0 radical (unpaired) electrons. The Hall–Kier alpha value is -2.64. The van der Waals surface area contributed by atoms with Crippen LogP contribution in [0.2, 0.25) is 0 Å². The van der Waals surface area contributed by atoms with Gasteiger partial charge in [0.25, 0.3) is 0 Å². The second-order valence-electron chi connectivity index (χ2n) is 7.40. The predicted octanol–water partition coefficient (Wildman–Crippen LogP) is 2.55. The molecule has 3 rings (SSSR count). The van der Waals surface area contributed by atoms with Gasteiger partial charge in [0.2, 0.25) is 0 Å². The first-order valence-electron chi connectivity index (χ1n) is 10.5. The lowest BCUT2D eigenvalue weighted by atomic mass is 10.2. The number of guanidine groups is 1. The number of hydrogen-bond acceptors (Lipinski definition) is 4. The number of benzene rings is 1. The summed E-state index contributed by atoms with van der Waals surface area (Å²) in [6.45, 7) is 11.4. The summed E-state index contributed by atoms with van der Waals surface area (Å²) >= 11 is 0. The Kier molecular flexibility index (Phi) is 7.43. The summed E-state index contributed by atoms with van der Waals surface area (Å²) < 4.78 is 15.3. The van der Waals surface area contributed by atoms with E-state index in [1.54, 1.807) is 6.33 Å². The van der Waals surface area contributed by atoms with Gasteiger partial charge in [-0.05, 0) is 37.6 Å². The highest BCUT2D eigenvalue weighted by atomic mass is 19.1. The number of nitrogens with one attached hydrogen (secondary N) is 1. The van der Waals surface area contributed by atoms with Crippen molar-refractivity contribution in [3.05, 3.63) is 42.2 Å². The van der Waals surface area contributed by atoms with Crippen LogP contribution in [0.4, 0.5) is 10.1 Å². The number of hydrogen-bond donors (Lipinski definition) is 1. The lowest BCUT2D eigenvalue weighted by molar-refractivity contribution is 0.365. The van der Waals surface area contributed by atoms with Crippen molar-refractivity contribution in [3.63, 3.8) is 0 Å². The van der Waals surface area contributed by atoms with Gasteiger partial charge in [-0.15, -0.1) is 10.2 Å². The number of aryl methyl sites for hydroxylation is 1. The molecule has 7 nitrogen and oxygen atoms in total. The highest BCUT2D eigenvalue weighted by molar-refractivity contribution is 5.80. The fraction of sp³-hybridized carbons (Fsp3) is 0.571. The fourth-order valence-electron chi connectivity index (χ4n) is 3.39.